The molecule has 1 aromatic carbocycles. The minimum atomic E-state index is -0.137. The van der Waals surface area contributed by atoms with Crippen LogP contribution in [0.5, 0.6) is 0 Å². The molecule has 0 aliphatic carbocycles. The van der Waals surface area contributed by atoms with E-state index in [9.17, 15) is 4.79 Å². The van der Waals surface area contributed by atoms with E-state index in [0.29, 0.717) is 16.6 Å². The Labute approximate surface area is 131 Å². The monoisotopic (exact) mass is 320 g/mol. The molecule has 6 heteroatoms. The van der Waals surface area contributed by atoms with Crippen LogP contribution in [0.15, 0.2) is 30.5 Å². The number of aliphatic hydroxyl groups is 1. The van der Waals surface area contributed by atoms with Crippen molar-refractivity contribution in [1.82, 2.24) is 4.98 Å². The zero-order chi connectivity index (χ0) is 15.1. The number of nitrogens with zero attached hydrogens (tertiary/aromatic N) is 1. The fourth-order valence-corrected chi connectivity index (χ4v) is 2.38. The molecule has 1 heterocycles. The van der Waals surface area contributed by atoms with E-state index < -0.39 is 0 Å². The molecule has 0 saturated carbocycles. The van der Waals surface area contributed by atoms with E-state index in [-0.39, 0.29) is 18.9 Å². The van der Waals surface area contributed by atoms with E-state index >= 15 is 0 Å². The van der Waals surface area contributed by atoms with Crippen molar-refractivity contribution in [3.8, 4) is 11.8 Å². The van der Waals surface area contributed by atoms with Crippen LogP contribution in [0.1, 0.15) is 16.9 Å². The van der Waals surface area contributed by atoms with E-state index in [1.807, 2.05) is 12.1 Å². The van der Waals surface area contributed by atoms with Gasteiger partial charge in [0.25, 0.3) is 0 Å². The zero-order valence-corrected chi connectivity index (χ0v) is 12.7. The zero-order valence-electron chi connectivity index (χ0n) is 11.1. The van der Waals surface area contributed by atoms with Crippen molar-refractivity contribution >= 4 is 34.0 Å². The standard InChI is InChI=1S/C15H13ClN2O2S/c16-12-6-4-11(5-7-12)9-14(20)18-15-17-10-13(21-15)3-1-2-8-19/h4-7,10,19H,2,8-9H2,(H,17,18,20). The van der Waals surface area contributed by atoms with Crippen LogP contribution in [-0.4, -0.2) is 22.6 Å². The molecule has 0 radical (unpaired) electrons. The van der Waals surface area contributed by atoms with Crippen molar-refractivity contribution in [2.24, 2.45) is 0 Å². The van der Waals surface area contributed by atoms with Crippen molar-refractivity contribution in [3.63, 3.8) is 0 Å². The number of carbonyl (C=O) groups is 1. The van der Waals surface area contributed by atoms with Crippen molar-refractivity contribution in [2.75, 3.05) is 11.9 Å². The first-order valence-electron chi connectivity index (χ1n) is 6.27. The SMILES string of the molecule is O=C(Cc1ccc(Cl)cc1)Nc1ncc(C#CCCO)s1. The summed E-state index contributed by atoms with van der Waals surface area (Å²) in [6.07, 6.45) is 2.30. The maximum Gasteiger partial charge on any atom is 0.230 e. The molecule has 2 N–H and O–H groups in total. The fraction of sp³-hybridized carbons (Fsp3) is 0.200. The van der Waals surface area contributed by atoms with Gasteiger partial charge in [-0.2, -0.15) is 0 Å². The minimum Gasteiger partial charge on any atom is -0.395 e. The largest absolute Gasteiger partial charge is 0.395 e. The number of halogens is 1. The van der Waals surface area contributed by atoms with Crippen molar-refractivity contribution in [2.45, 2.75) is 12.8 Å². The molecule has 1 amide bonds. The van der Waals surface area contributed by atoms with Crippen LogP contribution < -0.4 is 5.32 Å². The number of amides is 1. The lowest BCUT2D eigenvalue weighted by atomic mass is 10.1. The second-order valence-electron chi connectivity index (χ2n) is 4.16. The van der Waals surface area contributed by atoms with Gasteiger partial charge in [0.15, 0.2) is 5.13 Å². The van der Waals surface area contributed by atoms with Gasteiger partial charge < -0.3 is 10.4 Å². The van der Waals surface area contributed by atoms with E-state index in [0.717, 1.165) is 10.4 Å². The molecule has 2 rings (SSSR count). The molecule has 0 atom stereocenters. The van der Waals surface area contributed by atoms with Crippen LogP contribution in [0.2, 0.25) is 5.02 Å². The number of carbonyl (C=O) groups excluding carboxylic acids is 1. The van der Waals surface area contributed by atoms with Gasteiger partial charge in [0.2, 0.25) is 5.91 Å². The van der Waals surface area contributed by atoms with Gasteiger partial charge in [-0.25, -0.2) is 4.98 Å². The van der Waals surface area contributed by atoms with Crippen molar-refractivity contribution in [1.29, 1.82) is 0 Å². The number of nitrogens with one attached hydrogen (secondary N) is 1. The molecular formula is C15H13ClN2O2S. The molecule has 0 aliphatic rings. The second kappa shape index (κ2) is 7.79. The van der Waals surface area contributed by atoms with Crippen LogP contribution in [-0.2, 0) is 11.2 Å². The van der Waals surface area contributed by atoms with E-state index in [1.165, 1.54) is 11.3 Å². The molecule has 0 fully saturated rings. The summed E-state index contributed by atoms with van der Waals surface area (Å²) in [4.78, 5) is 16.7. The van der Waals surface area contributed by atoms with Crippen LogP contribution >= 0.6 is 22.9 Å². The van der Waals surface area contributed by atoms with Gasteiger partial charge in [-0.05, 0) is 17.7 Å². The van der Waals surface area contributed by atoms with Gasteiger partial charge in [0, 0.05) is 11.4 Å². The third-order valence-corrected chi connectivity index (χ3v) is 3.56. The van der Waals surface area contributed by atoms with E-state index in [1.54, 1.807) is 18.3 Å². The average Bonchev–Trinajstić information content (AvgIpc) is 2.89. The predicted octanol–water partition coefficient (Wildman–Crippen LogP) is 2.71. The predicted molar refractivity (Wildman–Crippen MR) is 84.5 cm³/mol. The summed E-state index contributed by atoms with van der Waals surface area (Å²) in [5.41, 5.74) is 0.886. The molecule has 0 unspecified atom stereocenters. The molecule has 2 aromatic rings. The number of rotatable bonds is 4. The van der Waals surface area contributed by atoms with Crippen molar-refractivity contribution < 1.29 is 9.90 Å². The Morgan fingerprint density at radius 1 is 1.38 bits per heavy atom. The number of hydrogen-bond donors (Lipinski definition) is 2. The quantitative estimate of drug-likeness (QED) is 0.851. The molecular weight excluding hydrogens is 308 g/mol. The molecule has 0 aliphatic heterocycles. The molecule has 4 nitrogen and oxygen atoms in total. The van der Waals surface area contributed by atoms with Gasteiger partial charge >= 0.3 is 0 Å². The van der Waals surface area contributed by atoms with Crippen molar-refractivity contribution in [3.05, 3.63) is 45.9 Å². The molecule has 21 heavy (non-hydrogen) atoms. The summed E-state index contributed by atoms with van der Waals surface area (Å²) < 4.78 is 0. The maximum absolute atomic E-state index is 11.9. The lowest BCUT2D eigenvalue weighted by Crippen LogP contribution is -2.13. The smallest absolute Gasteiger partial charge is 0.230 e. The van der Waals surface area contributed by atoms with E-state index in [4.69, 9.17) is 16.7 Å². The highest BCUT2D eigenvalue weighted by Crippen LogP contribution is 2.17. The van der Waals surface area contributed by atoms with E-state index in [2.05, 4.69) is 22.1 Å². The first-order chi connectivity index (χ1) is 10.2. The summed E-state index contributed by atoms with van der Waals surface area (Å²) in [7, 11) is 0. The summed E-state index contributed by atoms with van der Waals surface area (Å²) >= 11 is 7.10. The molecule has 0 spiro atoms. The molecule has 0 saturated heterocycles. The highest BCUT2D eigenvalue weighted by Gasteiger charge is 2.07. The highest BCUT2D eigenvalue weighted by molar-refractivity contribution is 7.16. The Kier molecular flexibility index (Phi) is 5.76. The minimum absolute atomic E-state index is 0.0382. The van der Waals surface area contributed by atoms with Crippen LogP contribution in [0.25, 0.3) is 0 Å². The third kappa shape index (κ3) is 5.20. The Morgan fingerprint density at radius 2 is 2.14 bits per heavy atom. The first-order valence-corrected chi connectivity index (χ1v) is 7.46. The molecule has 108 valence electrons. The summed E-state index contributed by atoms with van der Waals surface area (Å²) in [6, 6.07) is 7.13. The number of aliphatic hydroxyl groups excluding tert-OH is 1. The van der Waals surface area contributed by atoms with Gasteiger partial charge in [-0.15, -0.1) is 0 Å². The fourth-order valence-electron chi connectivity index (χ4n) is 1.55. The lowest BCUT2D eigenvalue weighted by Gasteiger charge is -2.01. The normalized spacial score (nSPS) is 9.81. The summed E-state index contributed by atoms with van der Waals surface area (Å²) in [5, 5.41) is 12.5. The van der Waals surface area contributed by atoms with Gasteiger partial charge in [0.05, 0.1) is 24.1 Å². The van der Waals surface area contributed by atoms with Crippen LogP contribution in [0.3, 0.4) is 0 Å². The van der Waals surface area contributed by atoms with Gasteiger partial charge in [0.1, 0.15) is 0 Å². The lowest BCUT2D eigenvalue weighted by molar-refractivity contribution is -0.115. The second-order valence-corrected chi connectivity index (χ2v) is 5.62. The van der Waals surface area contributed by atoms with Crippen LogP contribution in [0.4, 0.5) is 5.13 Å². The van der Waals surface area contributed by atoms with Crippen LogP contribution in [0, 0.1) is 11.8 Å². The Balaban J connectivity index is 1.91. The Bertz CT molecular complexity index is 671. The number of benzene rings is 1. The topological polar surface area (TPSA) is 62.2 Å². The summed E-state index contributed by atoms with van der Waals surface area (Å²) in [5.74, 6) is 5.55. The van der Waals surface area contributed by atoms with Gasteiger partial charge in [-0.3, -0.25) is 4.79 Å². The van der Waals surface area contributed by atoms with Gasteiger partial charge in [-0.1, -0.05) is 46.9 Å². The number of hydrogen-bond acceptors (Lipinski definition) is 4. The number of thiazole rings is 1. The average molecular weight is 321 g/mol. The molecule has 1 aromatic heterocycles. The maximum atomic E-state index is 11.9. The Hall–Kier alpha value is -1.87. The first kappa shape index (κ1) is 15.5. The number of anilines is 1. The Morgan fingerprint density at radius 3 is 2.86 bits per heavy atom. The third-order valence-electron chi connectivity index (χ3n) is 2.48. The summed E-state index contributed by atoms with van der Waals surface area (Å²) in [6.45, 7) is 0.0382. The number of aromatic nitrogens is 1. The highest BCUT2D eigenvalue weighted by atomic mass is 35.5. The molecule has 0 bridgehead atoms.